The van der Waals surface area contributed by atoms with Gasteiger partial charge in [0.2, 0.25) is 0 Å². The summed E-state index contributed by atoms with van der Waals surface area (Å²) >= 11 is 1.59. The molecule has 0 fully saturated rings. The number of para-hydroxylation sites is 1. The quantitative estimate of drug-likeness (QED) is 0.313. The summed E-state index contributed by atoms with van der Waals surface area (Å²) in [5.41, 5.74) is 4.92. The number of fused-ring (bicyclic) bond motifs is 1. The van der Waals surface area contributed by atoms with Gasteiger partial charge >= 0.3 is 0 Å². The van der Waals surface area contributed by atoms with Crippen LogP contribution >= 0.6 is 11.8 Å². The van der Waals surface area contributed by atoms with Gasteiger partial charge in [0.1, 0.15) is 17.1 Å². The van der Waals surface area contributed by atoms with Crippen molar-refractivity contribution in [3.05, 3.63) is 84.3 Å². The van der Waals surface area contributed by atoms with Crippen LogP contribution in [-0.2, 0) is 5.75 Å². The van der Waals surface area contributed by atoms with Gasteiger partial charge in [0, 0.05) is 18.1 Å². The maximum absolute atomic E-state index is 5.59. The molecule has 0 radical (unpaired) electrons. The molecule has 5 rings (SSSR count). The Morgan fingerprint density at radius 2 is 1.70 bits per heavy atom. The molecule has 0 N–H and O–H groups in total. The van der Waals surface area contributed by atoms with Gasteiger partial charge < -0.3 is 13.9 Å². The van der Waals surface area contributed by atoms with Gasteiger partial charge in [-0.05, 0) is 55.0 Å². The number of methoxy groups -OCH3 is 2. The highest BCUT2D eigenvalue weighted by atomic mass is 32.2. The van der Waals surface area contributed by atoms with Crippen molar-refractivity contribution < 1.29 is 9.47 Å². The summed E-state index contributed by atoms with van der Waals surface area (Å²) in [5.74, 6) is 2.92. The molecule has 0 bridgehead atoms. The van der Waals surface area contributed by atoms with E-state index in [2.05, 4.69) is 40.0 Å². The third-order valence-electron chi connectivity index (χ3n) is 5.31. The van der Waals surface area contributed by atoms with E-state index in [4.69, 9.17) is 14.5 Å². The van der Waals surface area contributed by atoms with E-state index in [1.165, 1.54) is 5.56 Å². The van der Waals surface area contributed by atoms with Gasteiger partial charge in [0.25, 0.3) is 0 Å². The number of ether oxygens (including phenoxy) is 2. The lowest BCUT2D eigenvalue weighted by Crippen LogP contribution is -2.01. The molecule has 0 saturated carbocycles. The SMILES string of the molecule is COc1ccc(-n2c(SCc3cn4cc(C)ccc4n3)nnc2-c2ccccc2OC)cc1. The first-order valence-electron chi connectivity index (χ1n) is 10.5. The minimum absolute atomic E-state index is 0.668. The Morgan fingerprint density at radius 1 is 0.879 bits per heavy atom. The summed E-state index contributed by atoms with van der Waals surface area (Å²) in [6.45, 7) is 2.07. The van der Waals surface area contributed by atoms with Crippen LogP contribution in [0.2, 0.25) is 0 Å². The molecule has 0 amide bonds. The molecular formula is C25H23N5O2S. The third kappa shape index (κ3) is 4.17. The second kappa shape index (κ2) is 8.99. The van der Waals surface area contributed by atoms with E-state index in [0.717, 1.165) is 39.2 Å². The van der Waals surface area contributed by atoms with Gasteiger partial charge in [-0.15, -0.1) is 10.2 Å². The molecule has 0 aliphatic heterocycles. The highest BCUT2D eigenvalue weighted by molar-refractivity contribution is 7.98. The molecule has 3 aromatic heterocycles. The molecule has 0 saturated heterocycles. The standard InChI is InChI=1S/C25H23N5O2S/c1-17-8-13-23-26-18(15-29(23)14-17)16-33-25-28-27-24(21-6-4-5-7-22(21)32-3)30(25)19-9-11-20(31-2)12-10-19/h4-15H,16H2,1-3H3. The Hall–Kier alpha value is -3.78. The van der Waals surface area contributed by atoms with E-state index in [1.54, 1.807) is 26.0 Å². The molecule has 166 valence electrons. The molecule has 8 heteroatoms. The summed E-state index contributed by atoms with van der Waals surface area (Å²) in [7, 11) is 3.32. The largest absolute Gasteiger partial charge is 0.497 e. The number of thioether (sulfide) groups is 1. The molecule has 2 aromatic carbocycles. The highest BCUT2D eigenvalue weighted by Gasteiger charge is 2.19. The Labute approximate surface area is 196 Å². The average Bonchev–Trinajstić information content (AvgIpc) is 3.46. The summed E-state index contributed by atoms with van der Waals surface area (Å²) in [6, 6.07) is 19.8. The average molecular weight is 458 g/mol. The van der Waals surface area contributed by atoms with Gasteiger partial charge in [0.05, 0.1) is 31.2 Å². The second-order valence-corrected chi connectivity index (χ2v) is 8.48. The van der Waals surface area contributed by atoms with Crippen molar-refractivity contribution in [3.8, 4) is 28.6 Å². The van der Waals surface area contributed by atoms with Gasteiger partial charge in [0.15, 0.2) is 11.0 Å². The van der Waals surface area contributed by atoms with Crippen molar-refractivity contribution >= 4 is 17.4 Å². The van der Waals surface area contributed by atoms with Crippen LogP contribution in [0.5, 0.6) is 11.5 Å². The second-order valence-electron chi connectivity index (χ2n) is 7.53. The van der Waals surface area contributed by atoms with Crippen LogP contribution in [-0.4, -0.2) is 38.4 Å². The topological polar surface area (TPSA) is 66.5 Å². The highest BCUT2D eigenvalue weighted by Crippen LogP contribution is 2.34. The minimum atomic E-state index is 0.668. The number of aromatic nitrogens is 5. The third-order valence-corrected chi connectivity index (χ3v) is 6.27. The summed E-state index contributed by atoms with van der Waals surface area (Å²) in [5, 5.41) is 9.83. The van der Waals surface area contributed by atoms with Crippen LogP contribution < -0.4 is 9.47 Å². The van der Waals surface area contributed by atoms with Gasteiger partial charge in [-0.1, -0.05) is 30.0 Å². The predicted molar refractivity (Wildman–Crippen MR) is 129 cm³/mol. The summed E-state index contributed by atoms with van der Waals surface area (Å²) < 4.78 is 15.0. The van der Waals surface area contributed by atoms with Crippen LogP contribution in [0.25, 0.3) is 22.7 Å². The zero-order valence-electron chi connectivity index (χ0n) is 18.6. The number of rotatable bonds is 7. The maximum atomic E-state index is 5.59. The Balaban J connectivity index is 1.53. The van der Waals surface area contributed by atoms with Crippen LogP contribution in [0.3, 0.4) is 0 Å². The van der Waals surface area contributed by atoms with E-state index in [0.29, 0.717) is 11.6 Å². The first kappa shape index (κ1) is 21.1. The number of nitrogens with zero attached hydrogens (tertiary/aromatic N) is 5. The van der Waals surface area contributed by atoms with Crippen molar-refractivity contribution in [3.63, 3.8) is 0 Å². The fourth-order valence-electron chi connectivity index (χ4n) is 3.69. The number of hydrogen-bond donors (Lipinski definition) is 0. The molecule has 0 atom stereocenters. The van der Waals surface area contributed by atoms with Gasteiger partial charge in [-0.2, -0.15) is 0 Å². The molecule has 0 unspecified atom stereocenters. The van der Waals surface area contributed by atoms with Crippen molar-refractivity contribution in [1.82, 2.24) is 24.1 Å². The molecule has 33 heavy (non-hydrogen) atoms. The van der Waals surface area contributed by atoms with E-state index < -0.39 is 0 Å². The number of aryl methyl sites for hydroxylation is 1. The zero-order chi connectivity index (χ0) is 22.8. The number of pyridine rings is 1. The van der Waals surface area contributed by atoms with E-state index >= 15 is 0 Å². The van der Waals surface area contributed by atoms with Crippen molar-refractivity contribution in [2.24, 2.45) is 0 Å². The number of hydrogen-bond acceptors (Lipinski definition) is 6. The van der Waals surface area contributed by atoms with Crippen LogP contribution in [0.15, 0.2) is 78.2 Å². The molecule has 5 aromatic rings. The monoisotopic (exact) mass is 457 g/mol. The van der Waals surface area contributed by atoms with E-state index in [-0.39, 0.29) is 0 Å². The lowest BCUT2D eigenvalue weighted by Gasteiger charge is -2.12. The number of imidazole rings is 1. The van der Waals surface area contributed by atoms with Crippen LogP contribution in [0.4, 0.5) is 0 Å². The Bertz CT molecular complexity index is 1410. The Morgan fingerprint density at radius 3 is 2.48 bits per heavy atom. The van der Waals surface area contributed by atoms with Crippen molar-refractivity contribution in [1.29, 1.82) is 0 Å². The summed E-state index contributed by atoms with van der Waals surface area (Å²) in [4.78, 5) is 4.73. The molecule has 0 spiro atoms. The van der Waals surface area contributed by atoms with Gasteiger partial charge in [-0.3, -0.25) is 4.57 Å². The lowest BCUT2D eigenvalue weighted by molar-refractivity contribution is 0.414. The van der Waals surface area contributed by atoms with E-state index in [1.807, 2.05) is 59.2 Å². The fourth-order valence-corrected chi connectivity index (χ4v) is 4.53. The zero-order valence-corrected chi connectivity index (χ0v) is 19.4. The first-order chi connectivity index (χ1) is 16.2. The van der Waals surface area contributed by atoms with Crippen molar-refractivity contribution in [2.45, 2.75) is 17.8 Å². The van der Waals surface area contributed by atoms with Crippen LogP contribution in [0, 0.1) is 6.92 Å². The molecule has 0 aliphatic carbocycles. The molecule has 3 heterocycles. The molecule has 0 aliphatic rings. The molecular weight excluding hydrogens is 434 g/mol. The Kier molecular flexibility index (Phi) is 5.75. The first-order valence-corrected chi connectivity index (χ1v) is 11.4. The summed E-state index contributed by atoms with van der Waals surface area (Å²) in [6.07, 6.45) is 4.14. The minimum Gasteiger partial charge on any atom is -0.497 e. The number of benzene rings is 2. The van der Waals surface area contributed by atoms with Gasteiger partial charge in [-0.25, -0.2) is 4.98 Å². The normalized spacial score (nSPS) is 11.1. The molecule has 7 nitrogen and oxygen atoms in total. The van der Waals surface area contributed by atoms with Crippen molar-refractivity contribution in [2.75, 3.05) is 14.2 Å². The smallest absolute Gasteiger partial charge is 0.196 e. The fraction of sp³-hybridized carbons (Fsp3) is 0.160. The van der Waals surface area contributed by atoms with Crippen LogP contribution in [0.1, 0.15) is 11.3 Å². The lowest BCUT2D eigenvalue weighted by atomic mass is 10.2. The maximum Gasteiger partial charge on any atom is 0.196 e. The predicted octanol–water partition coefficient (Wildman–Crippen LogP) is 5.20. The van der Waals surface area contributed by atoms with E-state index in [9.17, 15) is 0 Å².